The van der Waals surface area contributed by atoms with Gasteiger partial charge in [-0.25, -0.2) is 8.42 Å². The van der Waals surface area contributed by atoms with Gasteiger partial charge >= 0.3 is 0 Å². The zero-order chi connectivity index (χ0) is 16.5. The van der Waals surface area contributed by atoms with Crippen molar-refractivity contribution in [1.29, 1.82) is 0 Å². The Morgan fingerprint density at radius 3 is 2.55 bits per heavy atom. The van der Waals surface area contributed by atoms with Crippen LogP contribution in [0.5, 0.6) is 0 Å². The molecule has 0 radical (unpaired) electrons. The van der Waals surface area contributed by atoms with Crippen molar-refractivity contribution >= 4 is 21.6 Å². The predicted octanol–water partition coefficient (Wildman–Crippen LogP) is 1.59. The number of carbonyl (C=O) groups is 2. The van der Waals surface area contributed by atoms with Crippen LogP contribution in [0.15, 0.2) is 18.2 Å². The third-order valence-corrected chi connectivity index (χ3v) is 4.63. The van der Waals surface area contributed by atoms with Crippen LogP contribution in [0.4, 0.5) is 0 Å². The van der Waals surface area contributed by atoms with Crippen molar-refractivity contribution in [3.05, 3.63) is 34.9 Å². The van der Waals surface area contributed by atoms with E-state index in [2.05, 4.69) is 0 Å². The Balaban J connectivity index is 2.06. The summed E-state index contributed by atoms with van der Waals surface area (Å²) >= 11 is 0. The van der Waals surface area contributed by atoms with Crippen molar-refractivity contribution < 1.29 is 22.8 Å². The molecule has 1 aromatic rings. The first kappa shape index (κ1) is 16.8. The Morgan fingerprint density at radius 1 is 1.36 bits per heavy atom. The summed E-state index contributed by atoms with van der Waals surface area (Å²) in [4.78, 5) is 28.8. The fraction of sp³-hybridized carbons (Fsp3) is 0.467. The molecule has 120 valence electrons. The standard InChI is InChI=1S/C15H19NO5S/c1-10-6-13(11(2)17)4-5-14(10)15(18)7-12-8-16(21-9-12)22(3,19)20/h4-6,12H,7-9H2,1-3H3. The van der Waals surface area contributed by atoms with E-state index in [1.807, 2.05) is 0 Å². The topological polar surface area (TPSA) is 80.8 Å². The van der Waals surface area contributed by atoms with Gasteiger partial charge in [-0.05, 0) is 25.5 Å². The number of ketones is 2. The zero-order valence-corrected chi connectivity index (χ0v) is 13.6. The van der Waals surface area contributed by atoms with Crippen LogP contribution in [-0.4, -0.2) is 43.9 Å². The van der Waals surface area contributed by atoms with E-state index >= 15 is 0 Å². The Morgan fingerprint density at radius 2 is 2.05 bits per heavy atom. The Bertz CT molecular complexity index is 711. The molecule has 0 amide bonds. The average molecular weight is 325 g/mol. The lowest BCUT2D eigenvalue weighted by Crippen LogP contribution is -2.26. The number of sulfonamides is 1. The van der Waals surface area contributed by atoms with E-state index in [0.717, 1.165) is 16.3 Å². The summed E-state index contributed by atoms with van der Waals surface area (Å²) in [7, 11) is -3.40. The molecule has 2 rings (SSSR count). The first-order valence-electron chi connectivity index (χ1n) is 6.94. The minimum absolute atomic E-state index is 0.0462. The highest BCUT2D eigenvalue weighted by Crippen LogP contribution is 2.22. The highest BCUT2D eigenvalue weighted by Gasteiger charge is 2.31. The van der Waals surface area contributed by atoms with E-state index in [1.165, 1.54) is 6.92 Å². The van der Waals surface area contributed by atoms with E-state index in [9.17, 15) is 18.0 Å². The fourth-order valence-corrected chi connectivity index (χ4v) is 3.16. The number of rotatable bonds is 5. The quantitative estimate of drug-likeness (QED) is 0.768. The number of Topliss-reactive ketones (excluding diaryl/α,β-unsaturated/α-hetero) is 2. The molecule has 0 bridgehead atoms. The van der Waals surface area contributed by atoms with Crippen LogP contribution in [0.25, 0.3) is 0 Å². The summed E-state index contributed by atoms with van der Waals surface area (Å²) in [6.45, 7) is 3.66. The van der Waals surface area contributed by atoms with Crippen molar-refractivity contribution in [1.82, 2.24) is 4.47 Å². The second kappa shape index (κ2) is 6.28. The van der Waals surface area contributed by atoms with Gasteiger partial charge in [0.25, 0.3) is 0 Å². The first-order chi connectivity index (χ1) is 10.2. The van der Waals surface area contributed by atoms with Crippen LogP contribution < -0.4 is 0 Å². The molecule has 1 heterocycles. The van der Waals surface area contributed by atoms with Gasteiger partial charge in [-0.3, -0.25) is 14.4 Å². The lowest BCUT2D eigenvalue weighted by molar-refractivity contribution is -0.0289. The molecular formula is C15H19NO5S. The Kier molecular flexibility index (Phi) is 4.79. The lowest BCUT2D eigenvalue weighted by atomic mass is 9.94. The molecule has 7 heteroatoms. The molecule has 0 aliphatic carbocycles. The minimum atomic E-state index is -3.40. The van der Waals surface area contributed by atoms with E-state index in [1.54, 1.807) is 25.1 Å². The van der Waals surface area contributed by atoms with E-state index in [0.29, 0.717) is 11.1 Å². The SMILES string of the molecule is CC(=O)c1ccc(C(=O)CC2CON(S(C)(=O)=O)C2)c(C)c1. The molecular weight excluding hydrogens is 306 g/mol. The van der Waals surface area contributed by atoms with E-state index < -0.39 is 10.0 Å². The molecule has 1 atom stereocenters. The number of hydroxylamine groups is 1. The maximum Gasteiger partial charge on any atom is 0.233 e. The average Bonchev–Trinajstić information content (AvgIpc) is 2.86. The largest absolute Gasteiger partial charge is 0.295 e. The highest BCUT2D eigenvalue weighted by molar-refractivity contribution is 7.88. The number of aryl methyl sites for hydroxylation is 1. The number of benzene rings is 1. The molecule has 1 unspecified atom stereocenters. The Labute approximate surface area is 130 Å². The number of carbonyl (C=O) groups excluding carboxylic acids is 2. The van der Waals surface area contributed by atoms with Crippen molar-refractivity contribution in [2.24, 2.45) is 5.92 Å². The normalized spacial score (nSPS) is 19.3. The number of hydrogen-bond donors (Lipinski definition) is 0. The molecule has 1 aliphatic rings. The summed E-state index contributed by atoms with van der Waals surface area (Å²) in [6.07, 6.45) is 1.29. The van der Waals surface area contributed by atoms with Gasteiger partial charge in [0.1, 0.15) is 0 Å². The molecule has 0 N–H and O–H groups in total. The summed E-state index contributed by atoms with van der Waals surface area (Å²) < 4.78 is 23.7. The molecule has 22 heavy (non-hydrogen) atoms. The predicted molar refractivity (Wildman–Crippen MR) is 81.1 cm³/mol. The van der Waals surface area contributed by atoms with Gasteiger partial charge in [-0.15, -0.1) is 0 Å². The second-order valence-corrected chi connectivity index (χ2v) is 7.50. The van der Waals surface area contributed by atoms with Crippen LogP contribution in [0, 0.1) is 12.8 Å². The molecule has 0 saturated carbocycles. The molecule has 1 fully saturated rings. The minimum Gasteiger partial charge on any atom is -0.295 e. The first-order valence-corrected chi connectivity index (χ1v) is 8.78. The zero-order valence-electron chi connectivity index (χ0n) is 12.8. The number of nitrogens with zero attached hydrogens (tertiary/aromatic N) is 1. The Hall–Kier alpha value is -1.57. The van der Waals surface area contributed by atoms with Crippen LogP contribution >= 0.6 is 0 Å². The maximum absolute atomic E-state index is 12.4. The third kappa shape index (κ3) is 3.79. The van der Waals surface area contributed by atoms with E-state index in [-0.39, 0.29) is 37.1 Å². The number of hydrogen-bond acceptors (Lipinski definition) is 5. The van der Waals surface area contributed by atoms with Gasteiger partial charge in [-0.1, -0.05) is 16.6 Å². The van der Waals surface area contributed by atoms with Crippen molar-refractivity contribution in [3.8, 4) is 0 Å². The molecule has 1 aliphatic heterocycles. The van der Waals surface area contributed by atoms with Crippen LogP contribution in [-0.2, 0) is 14.9 Å². The molecule has 1 saturated heterocycles. The van der Waals surface area contributed by atoms with Gasteiger partial charge in [0.15, 0.2) is 11.6 Å². The van der Waals surface area contributed by atoms with Gasteiger partial charge in [0, 0.05) is 30.0 Å². The molecule has 0 aromatic heterocycles. The van der Waals surface area contributed by atoms with Crippen molar-refractivity contribution in [2.75, 3.05) is 19.4 Å². The monoisotopic (exact) mass is 325 g/mol. The summed E-state index contributed by atoms with van der Waals surface area (Å²) in [6, 6.07) is 4.98. The van der Waals surface area contributed by atoms with Crippen molar-refractivity contribution in [3.63, 3.8) is 0 Å². The lowest BCUT2D eigenvalue weighted by Gasteiger charge is -2.11. The second-order valence-electron chi connectivity index (χ2n) is 5.62. The van der Waals surface area contributed by atoms with Crippen molar-refractivity contribution in [2.45, 2.75) is 20.3 Å². The van der Waals surface area contributed by atoms with Gasteiger partial charge < -0.3 is 0 Å². The summed E-state index contributed by atoms with van der Waals surface area (Å²) in [5, 5.41) is 0. The van der Waals surface area contributed by atoms with Crippen LogP contribution in [0.2, 0.25) is 0 Å². The van der Waals surface area contributed by atoms with E-state index in [4.69, 9.17) is 4.84 Å². The van der Waals surface area contributed by atoms with Crippen LogP contribution in [0.3, 0.4) is 0 Å². The summed E-state index contributed by atoms with van der Waals surface area (Å²) in [5.41, 5.74) is 1.88. The molecule has 6 nitrogen and oxygen atoms in total. The summed E-state index contributed by atoms with van der Waals surface area (Å²) in [5.74, 6) is -0.277. The molecule has 1 aromatic carbocycles. The third-order valence-electron chi connectivity index (χ3n) is 3.64. The fourth-order valence-electron chi connectivity index (χ4n) is 2.43. The smallest absolute Gasteiger partial charge is 0.233 e. The van der Waals surface area contributed by atoms with Gasteiger partial charge in [0.2, 0.25) is 10.0 Å². The van der Waals surface area contributed by atoms with Gasteiger partial charge in [-0.2, -0.15) is 0 Å². The highest BCUT2D eigenvalue weighted by atomic mass is 32.2. The van der Waals surface area contributed by atoms with Crippen LogP contribution in [0.1, 0.15) is 39.6 Å². The molecule has 0 spiro atoms. The maximum atomic E-state index is 12.4. The van der Waals surface area contributed by atoms with Gasteiger partial charge in [0.05, 0.1) is 12.9 Å².